The van der Waals surface area contributed by atoms with Crippen molar-refractivity contribution in [2.75, 3.05) is 26.7 Å². The summed E-state index contributed by atoms with van der Waals surface area (Å²) in [6, 6.07) is 18.4. The lowest BCUT2D eigenvalue weighted by molar-refractivity contribution is 0.129. The van der Waals surface area contributed by atoms with Gasteiger partial charge in [-0.2, -0.15) is 0 Å². The molecule has 0 saturated carbocycles. The van der Waals surface area contributed by atoms with Gasteiger partial charge in [0.05, 0.1) is 13.2 Å². The predicted octanol–water partition coefficient (Wildman–Crippen LogP) is 3.84. The van der Waals surface area contributed by atoms with Crippen molar-refractivity contribution in [2.24, 2.45) is 4.99 Å². The van der Waals surface area contributed by atoms with Crippen molar-refractivity contribution < 1.29 is 9.47 Å². The molecule has 0 aliphatic carbocycles. The topological polar surface area (TPSA) is 46.1 Å². The van der Waals surface area contributed by atoms with Crippen LogP contribution in [0.25, 0.3) is 0 Å². The lowest BCUT2D eigenvalue weighted by atomic mass is 10.1. The average Bonchev–Trinajstić information content (AvgIpc) is 2.74. The van der Waals surface area contributed by atoms with Gasteiger partial charge in [0, 0.05) is 39.6 Å². The number of hydrogen-bond donors (Lipinski definition) is 1. The molecule has 2 aromatic carbocycles. The van der Waals surface area contributed by atoms with E-state index in [-0.39, 0.29) is 6.10 Å². The number of likely N-dealkylation sites (tertiary alicyclic amines) is 1. The number of methoxy groups -OCH3 is 1. The van der Waals surface area contributed by atoms with Crippen molar-refractivity contribution in [3.8, 4) is 5.75 Å². The van der Waals surface area contributed by atoms with E-state index in [0.717, 1.165) is 44.2 Å². The molecule has 5 heteroatoms. The second-order valence-corrected chi connectivity index (χ2v) is 6.99. The third-order valence-electron chi connectivity index (χ3n) is 4.94. The van der Waals surface area contributed by atoms with E-state index in [2.05, 4.69) is 35.3 Å². The molecule has 3 rings (SSSR count). The maximum Gasteiger partial charge on any atom is 0.194 e. The van der Waals surface area contributed by atoms with Gasteiger partial charge in [0.2, 0.25) is 0 Å². The summed E-state index contributed by atoms with van der Waals surface area (Å²) in [5.74, 6) is 1.93. The smallest absolute Gasteiger partial charge is 0.194 e. The number of benzene rings is 2. The Morgan fingerprint density at radius 1 is 1.04 bits per heavy atom. The number of para-hydroxylation sites is 1. The Labute approximate surface area is 168 Å². The van der Waals surface area contributed by atoms with E-state index >= 15 is 0 Å². The van der Waals surface area contributed by atoms with Crippen LogP contribution in [0, 0.1) is 0 Å². The Morgan fingerprint density at radius 2 is 1.71 bits per heavy atom. The number of aliphatic imine (C=N–C) groups is 1. The number of ether oxygens (including phenoxy) is 2. The normalized spacial score (nSPS) is 15.5. The third kappa shape index (κ3) is 5.73. The molecule has 150 valence electrons. The van der Waals surface area contributed by atoms with Crippen molar-refractivity contribution in [3.63, 3.8) is 0 Å². The van der Waals surface area contributed by atoms with Gasteiger partial charge in [-0.1, -0.05) is 42.5 Å². The minimum absolute atomic E-state index is 0.268. The van der Waals surface area contributed by atoms with Crippen LogP contribution in [0.1, 0.15) is 30.9 Å². The van der Waals surface area contributed by atoms with Gasteiger partial charge in [0.1, 0.15) is 11.9 Å². The van der Waals surface area contributed by atoms with Crippen LogP contribution < -0.4 is 10.1 Å². The summed E-state index contributed by atoms with van der Waals surface area (Å²) in [6.45, 7) is 6.14. The number of guanidine groups is 1. The molecule has 0 amide bonds. The van der Waals surface area contributed by atoms with E-state index < -0.39 is 0 Å². The molecule has 0 bridgehead atoms. The number of nitrogens with one attached hydrogen (secondary N) is 1. The van der Waals surface area contributed by atoms with E-state index in [9.17, 15) is 0 Å². The molecule has 1 heterocycles. The number of rotatable bonds is 7. The molecule has 0 radical (unpaired) electrons. The van der Waals surface area contributed by atoms with Gasteiger partial charge in [-0.25, -0.2) is 4.99 Å². The highest BCUT2D eigenvalue weighted by Crippen LogP contribution is 2.19. The van der Waals surface area contributed by atoms with Crippen molar-refractivity contribution in [1.29, 1.82) is 0 Å². The molecule has 1 N–H and O–H groups in total. The van der Waals surface area contributed by atoms with Gasteiger partial charge in [-0.05, 0) is 30.2 Å². The molecule has 2 aromatic rings. The fraction of sp³-hybridized carbons (Fsp3) is 0.435. The maximum absolute atomic E-state index is 6.11. The first kappa shape index (κ1) is 20.2. The predicted molar refractivity (Wildman–Crippen MR) is 114 cm³/mol. The van der Waals surface area contributed by atoms with Gasteiger partial charge in [-0.3, -0.25) is 0 Å². The van der Waals surface area contributed by atoms with E-state index in [1.165, 1.54) is 11.1 Å². The summed E-state index contributed by atoms with van der Waals surface area (Å²) in [6.07, 6.45) is 2.27. The lowest BCUT2D eigenvalue weighted by Gasteiger charge is -2.34. The summed E-state index contributed by atoms with van der Waals surface area (Å²) in [7, 11) is 1.73. The maximum atomic E-state index is 6.11. The lowest BCUT2D eigenvalue weighted by Crippen LogP contribution is -2.47. The summed E-state index contributed by atoms with van der Waals surface area (Å²) in [5, 5.41) is 3.44. The molecule has 0 unspecified atom stereocenters. The zero-order valence-corrected chi connectivity index (χ0v) is 16.9. The molecule has 0 atom stereocenters. The van der Waals surface area contributed by atoms with Gasteiger partial charge in [-0.15, -0.1) is 0 Å². The molecule has 1 saturated heterocycles. The van der Waals surface area contributed by atoms with Crippen molar-refractivity contribution in [2.45, 2.75) is 39.0 Å². The third-order valence-corrected chi connectivity index (χ3v) is 4.94. The van der Waals surface area contributed by atoms with Crippen LogP contribution in [0.15, 0.2) is 59.6 Å². The second kappa shape index (κ2) is 10.7. The monoisotopic (exact) mass is 381 g/mol. The number of piperidine rings is 1. The van der Waals surface area contributed by atoms with Crippen LogP contribution in [-0.2, 0) is 17.9 Å². The molecule has 1 fully saturated rings. The summed E-state index contributed by atoms with van der Waals surface area (Å²) < 4.78 is 11.4. The SMILES string of the molecule is CCNC(=NCc1ccccc1COC)N1CCC(Oc2ccccc2)CC1. The van der Waals surface area contributed by atoms with E-state index in [1.54, 1.807) is 7.11 Å². The van der Waals surface area contributed by atoms with Gasteiger partial charge in [0.25, 0.3) is 0 Å². The Hall–Kier alpha value is -2.53. The van der Waals surface area contributed by atoms with Gasteiger partial charge < -0.3 is 19.7 Å². The molecular weight excluding hydrogens is 350 g/mol. The van der Waals surface area contributed by atoms with Gasteiger partial charge in [0.15, 0.2) is 5.96 Å². The Morgan fingerprint density at radius 3 is 2.39 bits per heavy atom. The molecule has 0 spiro atoms. The highest BCUT2D eigenvalue weighted by atomic mass is 16.5. The quantitative estimate of drug-likeness (QED) is 0.585. The van der Waals surface area contributed by atoms with E-state index in [4.69, 9.17) is 14.5 Å². The Kier molecular flexibility index (Phi) is 7.73. The van der Waals surface area contributed by atoms with E-state index in [1.807, 2.05) is 36.4 Å². The second-order valence-electron chi connectivity index (χ2n) is 6.99. The number of hydrogen-bond acceptors (Lipinski definition) is 3. The van der Waals surface area contributed by atoms with Crippen LogP contribution >= 0.6 is 0 Å². The fourth-order valence-electron chi connectivity index (χ4n) is 3.47. The average molecular weight is 382 g/mol. The molecule has 0 aromatic heterocycles. The first-order valence-corrected chi connectivity index (χ1v) is 10.1. The van der Waals surface area contributed by atoms with Crippen LogP contribution in [0.2, 0.25) is 0 Å². The van der Waals surface area contributed by atoms with E-state index in [0.29, 0.717) is 13.2 Å². The highest BCUT2D eigenvalue weighted by molar-refractivity contribution is 5.80. The Balaban J connectivity index is 1.59. The van der Waals surface area contributed by atoms with Crippen molar-refractivity contribution >= 4 is 5.96 Å². The minimum Gasteiger partial charge on any atom is -0.490 e. The van der Waals surface area contributed by atoms with Crippen LogP contribution in [-0.4, -0.2) is 43.7 Å². The molecule has 28 heavy (non-hydrogen) atoms. The standard InChI is InChI=1S/C23H31N3O2/c1-3-24-23(25-17-19-9-7-8-10-20(19)18-27-2)26-15-13-22(14-16-26)28-21-11-5-4-6-12-21/h4-12,22H,3,13-18H2,1-2H3,(H,24,25). The van der Waals surface area contributed by atoms with Crippen molar-refractivity contribution in [1.82, 2.24) is 10.2 Å². The molecular formula is C23H31N3O2. The number of nitrogens with zero attached hydrogens (tertiary/aromatic N) is 2. The summed E-state index contributed by atoms with van der Waals surface area (Å²) >= 11 is 0. The highest BCUT2D eigenvalue weighted by Gasteiger charge is 2.22. The van der Waals surface area contributed by atoms with Crippen LogP contribution in [0.5, 0.6) is 5.75 Å². The van der Waals surface area contributed by atoms with Gasteiger partial charge >= 0.3 is 0 Å². The molecule has 1 aliphatic heterocycles. The van der Waals surface area contributed by atoms with Crippen LogP contribution in [0.4, 0.5) is 0 Å². The zero-order valence-electron chi connectivity index (χ0n) is 16.9. The first-order valence-electron chi connectivity index (χ1n) is 10.1. The molecule has 5 nitrogen and oxygen atoms in total. The Bertz CT molecular complexity index is 741. The molecule has 1 aliphatic rings. The largest absolute Gasteiger partial charge is 0.490 e. The fourth-order valence-corrected chi connectivity index (χ4v) is 3.47. The minimum atomic E-state index is 0.268. The zero-order chi connectivity index (χ0) is 19.6. The van der Waals surface area contributed by atoms with Crippen LogP contribution in [0.3, 0.4) is 0 Å². The van der Waals surface area contributed by atoms with Crippen molar-refractivity contribution in [3.05, 3.63) is 65.7 Å². The first-order chi connectivity index (χ1) is 13.8. The summed E-state index contributed by atoms with van der Waals surface area (Å²) in [5.41, 5.74) is 2.40. The summed E-state index contributed by atoms with van der Waals surface area (Å²) in [4.78, 5) is 7.23.